The second-order valence-corrected chi connectivity index (χ2v) is 3.50. The quantitative estimate of drug-likeness (QED) is 0.555. The van der Waals surface area contributed by atoms with Gasteiger partial charge in [0, 0.05) is 13.7 Å². The van der Waals surface area contributed by atoms with Gasteiger partial charge in [0.1, 0.15) is 5.76 Å². The van der Waals surface area contributed by atoms with Gasteiger partial charge >= 0.3 is 0 Å². The number of carbonyl (C=O) groups is 2. The molecule has 1 aromatic heterocycles. The fourth-order valence-corrected chi connectivity index (χ4v) is 1.21. The standard InChI is InChI=1S/C11H17N3O4/c1-17-5-4-13-10(15)7-14-11(16)9-3-2-8(6-12)18-9/h2-3H,4-7,12H2,1H3,(H,13,15)(H,14,16). The van der Waals surface area contributed by atoms with E-state index in [9.17, 15) is 9.59 Å². The number of methoxy groups -OCH3 is 1. The van der Waals surface area contributed by atoms with Crippen molar-refractivity contribution in [1.82, 2.24) is 10.6 Å². The van der Waals surface area contributed by atoms with Crippen LogP contribution in [0.2, 0.25) is 0 Å². The molecule has 0 saturated carbocycles. The van der Waals surface area contributed by atoms with E-state index in [-0.39, 0.29) is 24.8 Å². The SMILES string of the molecule is COCCNC(=O)CNC(=O)c1ccc(CN)o1. The fraction of sp³-hybridized carbons (Fsp3) is 0.455. The molecule has 0 bridgehead atoms. The first kappa shape index (κ1) is 14.2. The third-order valence-corrected chi connectivity index (χ3v) is 2.12. The summed E-state index contributed by atoms with van der Waals surface area (Å²) < 4.78 is 9.91. The summed E-state index contributed by atoms with van der Waals surface area (Å²) in [7, 11) is 1.54. The number of rotatable bonds is 7. The summed E-state index contributed by atoms with van der Waals surface area (Å²) in [6.07, 6.45) is 0. The molecule has 0 saturated heterocycles. The van der Waals surface area contributed by atoms with Crippen LogP contribution >= 0.6 is 0 Å². The highest BCUT2D eigenvalue weighted by Crippen LogP contribution is 2.06. The first-order chi connectivity index (χ1) is 8.67. The van der Waals surface area contributed by atoms with Gasteiger partial charge in [0.05, 0.1) is 19.7 Å². The van der Waals surface area contributed by atoms with Crippen molar-refractivity contribution >= 4 is 11.8 Å². The third kappa shape index (κ3) is 4.56. The molecule has 0 aliphatic heterocycles. The zero-order chi connectivity index (χ0) is 13.4. The Morgan fingerprint density at radius 1 is 1.39 bits per heavy atom. The molecule has 0 radical (unpaired) electrons. The molecule has 4 N–H and O–H groups in total. The monoisotopic (exact) mass is 255 g/mol. The van der Waals surface area contributed by atoms with E-state index in [1.807, 2.05) is 0 Å². The molecule has 2 amide bonds. The zero-order valence-electron chi connectivity index (χ0n) is 10.2. The molecule has 7 nitrogen and oxygen atoms in total. The highest BCUT2D eigenvalue weighted by Gasteiger charge is 2.11. The normalized spacial score (nSPS) is 10.1. The van der Waals surface area contributed by atoms with Gasteiger partial charge in [0.15, 0.2) is 5.76 Å². The van der Waals surface area contributed by atoms with Gasteiger partial charge in [0.25, 0.3) is 5.91 Å². The van der Waals surface area contributed by atoms with Crippen LogP contribution in [-0.4, -0.2) is 38.6 Å². The van der Waals surface area contributed by atoms with E-state index >= 15 is 0 Å². The van der Waals surface area contributed by atoms with Crippen LogP contribution in [0.15, 0.2) is 16.5 Å². The first-order valence-corrected chi connectivity index (χ1v) is 5.50. The van der Waals surface area contributed by atoms with Crippen molar-refractivity contribution in [2.24, 2.45) is 5.73 Å². The molecule has 0 aromatic carbocycles. The second kappa shape index (κ2) is 7.46. The van der Waals surface area contributed by atoms with Gasteiger partial charge in [-0.2, -0.15) is 0 Å². The highest BCUT2D eigenvalue weighted by atomic mass is 16.5. The van der Waals surface area contributed by atoms with Gasteiger partial charge in [0.2, 0.25) is 5.91 Å². The minimum atomic E-state index is -0.448. The van der Waals surface area contributed by atoms with Gasteiger partial charge < -0.3 is 25.5 Å². The van der Waals surface area contributed by atoms with Crippen LogP contribution < -0.4 is 16.4 Å². The Kier molecular flexibility index (Phi) is 5.89. The van der Waals surface area contributed by atoms with Crippen LogP contribution in [0, 0.1) is 0 Å². The van der Waals surface area contributed by atoms with Crippen molar-refractivity contribution in [3.63, 3.8) is 0 Å². The Morgan fingerprint density at radius 2 is 2.17 bits per heavy atom. The summed E-state index contributed by atoms with van der Waals surface area (Å²) in [6, 6.07) is 3.13. The lowest BCUT2D eigenvalue weighted by Crippen LogP contribution is -2.38. The van der Waals surface area contributed by atoms with Crippen molar-refractivity contribution < 1.29 is 18.7 Å². The molecule has 1 rings (SSSR count). The molecule has 18 heavy (non-hydrogen) atoms. The van der Waals surface area contributed by atoms with Crippen LogP contribution in [0.1, 0.15) is 16.3 Å². The molecule has 0 unspecified atom stereocenters. The van der Waals surface area contributed by atoms with E-state index in [0.717, 1.165) is 0 Å². The number of hydrogen-bond donors (Lipinski definition) is 3. The highest BCUT2D eigenvalue weighted by molar-refractivity contribution is 5.94. The number of amides is 2. The molecule has 1 heterocycles. The number of hydrogen-bond acceptors (Lipinski definition) is 5. The second-order valence-electron chi connectivity index (χ2n) is 3.50. The van der Waals surface area contributed by atoms with Crippen LogP contribution in [-0.2, 0) is 16.1 Å². The van der Waals surface area contributed by atoms with E-state index in [1.54, 1.807) is 13.2 Å². The molecule has 0 fully saturated rings. The van der Waals surface area contributed by atoms with Crippen molar-refractivity contribution in [3.8, 4) is 0 Å². The van der Waals surface area contributed by atoms with Crippen molar-refractivity contribution in [2.45, 2.75) is 6.54 Å². The molecule has 7 heteroatoms. The molecule has 0 aliphatic rings. The number of ether oxygens (including phenoxy) is 1. The van der Waals surface area contributed by atoms with E-state index in [0.29, 0.717) is 18.9 Å². The van der Waals surface area contributed by atoms with Crippen LogP contribution in [0.4, 0.5) is 0 Å². The number of carbonyl (C=O) groups excluding carboxylic acids is 2. The van der Waals surface area contributed by atoms with Crippen molar-refractivity contribution in [3.05, 3.63) is 23.7 Å². The molecule has 100 valence electrons. The topological polar surface area (TPSA) is 107 Å². The molecule has 1 aromatic rings. The Bertz CT molecular complexity index is 403. The van der Waals surface area contributed by atoms with Gasteiger partial charge in [-0.1, -0.05) is 0 Å². The summed E-state index contributed by atoms with van der Waals surface area (Å²) in [5.41, 5.74) is 5.35. The predicted molar refractivity (Wildman–Crippen MR) is 63.8 cm³/mol. The van der Waals surface area contributed by atoms with Gasteiger partial charge in [-0.15, -0.1) is 0 Å². The first-order valence-electron chi connectivity index (χ1n) is 5.50. The molecular formula is C11H17N3O4. The van der Waals surface area contributed by atoms with Crippen LogP contribution in [0.25, 0.3) is 0 Å². The molecule has 0 aliphatic carbocycles. The van der Waals surface area contributed by atoms with Gasteiger partial charge in [-0.3, -0.25) is 9.59 Å². The predicted octanol–water partition coefficient (Wildman–Crippen LogP) is -0.769. The zero-order valence-corrected chi connectivity index (χ0v) is 10.2. The van der Waals surface area contributed by atoms with Crippen molar-refractivity contribution in [2.75, 3.05) is 26.8 Å². The van der Waals surface area contributed by atoms with Gasteiger partial charge in [-0.25, -0.2) is 0 Å². The fourth-order valence-electron chi connectivity index (χ4n) is 1.21. The maximum absolute atomic E-state index is 11.6. The summed E-state index contributed by atoms with van der Waals surface area (Å²) >= 11 is 0. The molecule has 0 spiro atoms. The number of furan rings is 1. The van der Waals surface area contributed by atoms with Crippen molar-refractivity contribution in [1.29, 1.82) is 0 Å². The van der Waals surface area contributed by atoms with Crippen LogP contribution in [0.3, 0.4) is 0 Å². The number of nitrogens with one attached hydrogen (secondary N) is 2. The van der Waals surface area contributed by atoms with E-state index < -0.39 is 5.91 Å². The van der Waals surface area contributed by atoms with Gasteiger partial charge in [-0.05, 0) is 12.1 Å². The Hall–Kier alpha value is -1.86. The summed E-state index contributed by atoms with van der Waals surface area (Å²) in [6.45, 7) is 0.951. The smallest absolute Gasteiger partial charge is 0.287 e. The Balaban J connectivity index is 2.30. The minimum Gasteiger partial charge on any atom is -0.455 e. The summed E-state index contributed by atoms with van der Waals surface area (Å²) in [4.78, 5) is 22.8. The Morgan fingerprint density at radius 3 is 2.78 bits per heavy atom. The van der Waals surface area contributed by atoms with E-state index in [1.165, 1.54) is 6.07 Å². The average Bonchev–Trinajstić information content (AvgIpc) is 2.85. The molecule has 0 atom stereocenters. The lowest BCUT2D eigenvalue weighted by atomic mass is 10.4. The van der Waals surface area contributed by atoms with E-state index in [2.05, 4.69) is 10.6 Å². The minimum absolute atomic E-state index is 0.110. The largest absolute Gasteiger partial charge is 0.455 e. The van der Waals surface area contributed by atoms with E-state index in [4.69, 9.17) is 14.9 Å². The maximum atomic E-state index is 11.6. The lowest BCUT2D eigenvalue weighted by Gasteiger charge is -2.05. The third-order valence-electron chi connectivity index (χ3n) is 2.12. The van der Waals surface area contributed by atoms with Crippen LogP contribution in [0.5, 0.6) is 0 Å². The maximum Gasteiger partial charge on any atom is 0.287 e. The average molecular weight is 255 g/mol. The number of nitrogens with two attached hydrogens (primary N) is 1. The summed E-state index contributed by atoms with van der Waals surface area (Å²) in [5.74, 6) is -0.0765. The lowest BCUT2D eigenvalue weighted by molar-refractivity contribution is -0.120. The Labute approximate surface area is 105 Å². The molecular weight excluding hydrogens is 238 g/mol. The summed E-state index contributed by atoms with van der Waals surface area (Å²) in [5, 5.41) is 5.01.